The van der Waals surface area contributed by atoms with Crippen LogP contribution in [0.25, 0.3) is 0 Å². The van der Waals surface area contributed by atoms with E-state index in [-0.39, 0.29) is 5.17 Å². The lowest BCUT2D eigenvalue weighted by atomic mass is 10.4. The molecule has 0 spiro atoms. The van der Waals surface area contributed by atoms with Crippen molar-refractivity contribution in [3.05, 3.63) is 0 Å². The minimum atomic E-state index is -3.96. The number of aliphatic imine (C=N–C) groups is 1. The molecule has 0 aliphatic heterocycles. The lowest BCUT2D eigenvalue weighted by molar-refractivity contribution is -0.109. The van der Waals surface area contributed by atoms with Gasteiger partial charge >= 0.3 is 12.3 Å². The van der Waals surface area contributed by atoms with Crippen LogP contribution in [0.3, 0.4) is 0 Å². The lowest BCUT2D eigenvalue weighted by Crippen LogP contribution is -2.31. The molecule has 0 amide bonds. The molecule has 0 aromatic rings. The van der Waals surface area contributed by atoms with Gasteiger partial charge in [-0.05, 0) is 13.8 Å². The van der Waals surface area contributed by atoms with Crippen molar-refractivity contribution in [2.45, 2.75) is 26.2 Å². The summed E-state index contributed by atoms with van der Waals surface area (Å²) >= 11 is 0.615. The van der Waals surface area contributed by atoms with Gasteiger partial charge in [0.05, 0.1) is 5.75 Å². The third kappa shape index (κ3) is 5.86. The smallest absolute Gasteiger partial charge is 0.316 e. The Labute approximate surface area is 90.5 Å². The number of nitrogens with zero attached hydrogens (tertiary/aromatic N) is 1. The van der Waals surface area contributed by atoms with E-state index < -0.39 is 18.1 Å². The van der Waals surface area contributed by atoms with E-state index in [2.05, 4.69) is 10.3 Å². The number of thioether (sulfide) groups is 1. The summed E-state index contributed by atoms with van der Waals surface area (Å²) in [7, 11) is 0. The molecule has 0 saturated carbocycles. The number of halogens is 4. The Hall–Kier alpha value is -0.460. The quantitative estimate of drug-likeness (QED) is 0.458. The Morgan fingerprint density at radius 2 is 2.00 bits per heavy atom. The van der Waals surface area contributed by atoms with Crippen molar-refractivity contribution in [1.82, 2.24) is 5.32 Å². The van der Waals surface area contributed by atoms with Crippen LogP contribution in [0, 0.1) is 0 Å². The molecule has 0 unspecified atom stereocenters. The average molecular weight is 246 g/mol. The van der Waals surface area contributed by atoms with Crippen LogP contribution in [-0.4, -0.2) is 36.4 Å². The van der Waals surface area contributed by atoms with Crippen LogP contribution in [0.2, 0.25) is 0 Å². The SMILES string of the molecule is CCN=C(NCC)SCC(F)(F)C(F)F. The van der Waals surface area contributed by atoms with Crippen LogP contribution in [0.4, 0.5) is 17.6 Å². The monoisotopic (exact) mass is 246 g/mol. The van der Waals surface area contributed by atoms with Gasteiger partial charge in [0.2, 0.25) is 0 Å². The zero-order valence-corrected chi connectivity index (χ0v) is 9.38. The average Bonchev–Trinajstić information content (AvgIpc) is 2.15. The molecule has 0 fully saturated rings. The van der Waals surface area contributed by atoms with Crippen molar-refractivity contribution in [2.24, 2.45) is 4.99 Å². The number of hydrogen-bond acceptors (Lipinski definition) is 2. The normalized spacial score (nSPS) is 13.4. The second-order valence-corrected chi connectivity index (χ2v) is 3.62. The van der Waals surface area contributed by atoms with E-state index in [0.29, 0.717) is 24.9 Å². The molecular weight excluding hydrogens is 232 g/mol. The molecule has 0 atom stereocenters. The molecule has 15 heavy (non-hydrogen) atoms. The third-order valence-corrected chi connectivity index (χ3v) is 2.43. The summed E-state index contributed by atoms with van der Waals surface area (Å²) in [5, 5.41) is 3.01. The number of alkyl halides is 4. The fourth-order valence-corrected chi connectivity index (χ4v) is 1.60. The second kappa shape index (κ2) is 6.92. The largest absolute Gasteiger partial charge is 0.365 e. The Bertz CT molecular complexity index is 209. The highest BCUT2D eigenvalue weighted by Crippen LogP contribution is 2.27. The predicted octanol–water partition coefficient (Wildman–Crippen LogP) is 2.61. The molecule has 1 N–H and O–H groups in total. The second-order valence-electron chi connectivity index (χ2n) is 2.66. The number of rotatable bonds is 5. The Morgan fingerprint density at radius 1 is 1.40 bits per heavy atom. The molecule has 0 bridgehead atoms. The number of amidine groups is 1. The van der Waals surface area contributed by atoms with E-state index in [1.165, 1.54) is 0 Å². The third-order valence-electron chi connectivity index (χ3n) is 1.35. The fraction of sp³-hybridized carbons (Fsp3) is 0.875. The van der Waals surface area contributed by atoms with Gasteiger partial charge in [0.15, 0.2) is 5.17 Å². The molecule has 0 aromatic carbocycles. The summed E-state index contributed by atoms with van der Waals surface area (Å²) in [6, 6.07) is 0. The molecule has 0 aromatic heterocycles. The van der Waals surface area contributed by atoms with E-state index in [4.69, 9.17) is 0 Å². The molecule has 0 rings (SSSR count). The Morgan fingerprint density at radius 3 is 2.40 bits per heavy atom. The van der Waals surface area contributed by atoms with Crippen LogP contribution < -0.4 is 5.32 Å². The van der Waals surface area contributed by atoms with Crippen molar-refractivity contribution in [1.29, 1.82) is 0 Å². The fourth-order valence-electron chi connectivity index (χ4n) is 0.675. The number of hydrogen-bond donors (Lipinski definition) is 1. The topological polar surface area (TPSA) is 24.4 Å². The molecule has 0 saturated heterocycles. The molecular formula is C8H14F4N2S. The van der Waals surface area contributed by atoms with E-state index >= 15 is 0 Å². The molecule has 0 aliphatic carbocycles. The first-order chi connectivity index (χ1) is 6.94. The van der Waals surface area contributed by atoms with Gasteiger partial charge in [-0.15, -0.1) is 0 Å². The minimum Gasteiger partial charge on any atom is -0.365 e. The summed E-state index contributed by atoms with van der Waals surface area (Å²) in [6.07, 6.45) is -3.63. The van der Waals surface area contributed by atoms with E-state index in [9.17, 15) is 17.6 Å². The molecule has 0 heterocycles. The van der Waals surface area contributed by atoms with E-state index in [1.54, 1.807) is 13.8 Å². The molecule has 7 heteroatoms. The Kier molecular flexibility index (Phi) is 6.71. The Balaban J connectivity index is 4.15. The van der Waals surface area contributed by atoms with Crippen LogP contribution in [0.1, 0.15) is 13.8 Å². The van der Waals surface area contributed by atoms with Crippen LogP contribution in [0.5, 0.6) is 0 Å². The summed E-state index contributed by atoms with van der Waals surface area (Å²) in [5.74, 6) is -4.93. The van der Waals surface area contributed by atoms with Crippen molar-refractivity contribution in [2.75, 3.05) is 18.8 Å². The van der Waals surface area contributed by atoms with Crippen LogP contribution >= 0.6 is 11.8 Å². The standard InChI is InChI=1S/C8H14F4N2S/c1-3-13-7(14-4-2)15-5-8(11,12)6(9)10/h6H,3-5H2,1-2H3,(H,13,14). The van der Waals surface area contributed by atoms with Gasteiger partial charge in [-0.25, -0.2) is 8.78 Å². The van der Waals surface area contributed by atoms with Crippen molar-refractivity contribution in [3.63, 3.8) is 0 Å². The number of nitrogens with one attached hydrogen (secondary N) is 1. The maximum atomic E-state index is 12.5. The van der Waals surface area contributed by atoms with E-state index in [1.807, 2.05) is 0 Å². The molecule has 0 radical (unpaired) electrons. The molecule has 2 nitrogen and oxygen atoms in total. The van der Waals surface area contributed by atoms with Gasteiger partial charge in [-0.1, -0.05) is 11.8 Å². The van der Waals surface area contributed by atoms with Crippen LogP contribution in [-0.2, 0) is 0 Å². The van der Waals surface area contributed by atoms with Crippen LogP contribution in [0.15, 0.2) is 4.99 Å². The zero-order chi connectivity index (χ0) is 11.9. The predicted molar refractivity (Wildman–Crippen MR) is 55.1 cm³/mol. The first-order valence-electron chi connectivity index (χ1n) is 4.51. The van der Waals surface area contributed by atoms with E-state index in [0.717, 1.165) is 0 Å². The van der Waals surface area contributed by atoms with Gasteiger partial charge in [0, 0.05) is 13.1 Å². The lowest BCUT2D eigenvalue weighted by Gasteiger charge is -2.15. The summed E-state index contributed by atoms with van der Waals surface area (Å²) in [6.45, 7) is 4.46. The minimum absolute atomic E-state index is 0.278. The zero-order valence-electron chi connectivity index (χ0n) is 8.57. The highest BCUT2D eigenvalue weighted by molar-refractivity contribution is 8.13. The van der Waals surface area contributed by atoms with Crippen molar-refractivity contribution >= 4 is 16.9 Å². The first-order valence-corrected chi connectivity index (χ1v) is 5.49. The maximum absolute atomic E-state index is 12.5. The van der Waals surface area contributed by atoms with Gasteiger partial charge in [-0.3, -0.25) is 4.99 Å². The highest BCUT2D eigenvalue weighted by atomic mass is 32.2. The van der Waals surface area contributed by atoms with Gasteiger partial charge in [0.25, 0.3) is 0 Å². The molecule has 90 valence electrons. The highest BCUT2D eigenvalue weighted by Gasteiger charge is 2.40. The maximum Gasteiger partial charge on any atom is 0.316 e. The summed E-state index contributed by atoms with van der Waals surface area (Å²) < 4.78 is 48.7. The molecule has 0 aliphatic rings. The van der Waals surface area contributed by atoms with Gasteiger partial charge < -0.3 is 5.32 Å². The first kappa shape index (κ1) is 14.5. The van der Waals surface area contributed by atoms with Gasteiger partial charge in [-0.2, -0.15) is 8.78 Å². The van der Waals surface area contributed by atoms with Gasteiger partial charge in [0.1, 0.15) is 0 Å². The van der Waals surface area contributed by atoms with Crippen molar-refractivity contribution in [3.8, 4) is 0 Å². The van der Waals surface area contributed by atoms with Crippen molar-refractivity contribution < 1.29 is 17.6 Å². The summed E-state index contributed by atoms with van der Waals surface area (Å²) in [5.41, 5.74) is 0. The summed E-state index contributed by atoms with van der Waals surface area (Å²) in [4.78, 5) is 3.87.